The van der Waals surface area contributed by atoms with Crippen molar-refractivity contribution in [1.29, 1.82) is 0 Å². The minimum atomic E-state index is -1.60. The molecule has 0 radical (unpaired) electrons. The Hall–Kier alpha value is -2.60. The molecule has 4 N–H and O–H groups in total. The minimum Gasteiger partial charge on any atom is -0.462 e. The second kappa shape index (κ2) is 39.5. The second-order valence-corrected chi connectivity index (χ2v) is 15.8. The molecule has 0 aromatic carbocycles. The molecule has 1 aliphatic heterocycles. The Bertz CT molecular complexity index is 1150. The zero-order valence-corrected chi connectivity index (χ0v) is 37.0. The molecule has 1 heterocycles. The highest BCUT2D eigenvalue weighted by molar-refractivity contribution is 5.70. The first-order valence-electron chi connectivity index (χ1n) is 23.4. The van der Waals surface area contributed by atoms with Crippen LogP contribution in [0.4, 0.5) is 0 Å². The lowest BCUT2D eigenvalue weighted by Gasteiger charge is -2.39. The van der Waals surface area contributed by atoms with Crippen LogP contribution in [-0.2, 0) is 28.5 Å². The van der Waals surface area contributed by atoms with Crippen molar-refractivity contribution in [3.8, 4) is 0 Å². The van der Waals surface area contributed by atoms with Crippen LogP contribution in [0.5, 0.6) is 0 Å². The first kappa shape index (κ1) is 54.4. The van der Waals surface area contributed by atoms with Gasteiger partial charge in [-0.05, 0) is 77.0 Å². The molecule has 1 saturated heterocycles. The molecule has 0 aromatic heterocycles. The lowest BCUT2D eigenvalue weighted by atomic mass is 9.99. The van der Waals surface area contributed by atoms with E-state index < -0.39 is 55.4 Å². The number of aliphatic hydroxyl groups is 4. The van der Waals surface area contributed by atoms with Gasteiger partial charge in [-0.25, -0.2) is 0 Å². The molecule has 0 amide bonds. The Morgan fingerprint density at radius 2 is 1.00 bits per heavy atom. The zero-order chi connectivity index (χ0) is 43.0. The van der Waals surface area contributed by atoms with E-state index >= 15 is 0 Å². The van der Waals surface area contributed by atoms with Crippen LogP contribution in [0, 0.1) is 0 Å². The van der Waals surface area contributed by atoms with Crippen molar-refractivity contribution in [3.63, 3.8) is 0 Å². The monoisotopic (exact) mass is 833 g/mol. The second-order valence-electron chi connectivity index (χ2n) is 15.8. The predicted molar refractivity (Wildman–Crippen MR) is 238 cm³/mol. The van der Waals surface area contributed by atoms with Gasteiger partial charge in [-0.3, -0.25) is 9.59 Å². The summed E-state index contributed by atoms with van der Waals surface area (Å²) in [4.78, 5) is 25.3. The third kappa shape index (κ3) is 31.0. The molecule has 0 aromatic rings. The molecule has 1 aliphatic rings. The maximum atomic E-state index is 12.7. The Morgan fingerprint density at radius 3 is 1.53 bits per heavy atom. The van der Waals surface area contributed by atoms with Gasteiger partial charge in [0.2, 0.25) is 0 Å². The summed E-state index contributed by atoms with van der Waals surface area (Å²) in [5, 5.41) is 40.1. The summed E-state index contributed by atoms with van der Waals surface area (Å²) in [6.07, 6.45) is 40.9. The summed E-state index contributed by atoms with van der Waals surface area (Å²) in [6.45, 7) is 3.26. The van der Waals surface area contributed by atoms with E-state index in [1.54, 1.807) is 0 Å². The van der Waals surface area contributed by atoms with E-state index in [4.69, 9.17) is 18.9 Å². The normalized spacial score (nSPS) is 20.5. The van der Waals surface area contributed by atoms with Crippen molar-refractivity contribution in [2.24, 2.45) is 0 Å². The van der Waals surface area contributed by atoms with Gasteiger partial charge in [-0.2, -0.15) is 0 Å². The van der Waals surface area contributed by atoms with E-state index in [0.717, 1.165) is 70.6 Å². The summed E-state index contributed by atoms with van der Waals surface area (Å²) < 4.78 is 22.1. The van der Waals surface area contributed by atoms with Crippen molar-refractivity contribution in [1.82, 2.24) is 0 Å². The van der Waals surface area contributed by atoms with Gasteiger partial charge in [0.05, 0.1) is 13.2 Å². The van der Waals surface area contributed by atoms with E-state index in [1.165, 1.54) is 70.6 Å². The number of aliphatic hydroxyl groups excluding tert-OH is 4. The van der Waals surface area contributed by atoms with Gasteiger partial charge in [0.25, 0.3) is 0 Å². The molecular formula is C49H84O10. The Balaban J connectivity index is 2.30. The average Bonchev–Trinajstić information content (AvgIpc) is 3.23. The number of esters is 2. The minimum absolute atomic E-state index is 0.191. The van der Waals surface area contributed by atoms with Crippen LogP contribution in [0.15, 0.2) is 60.8 Å². The predicted octanol–water partition coefficient (Wildman–Crippen LogP) is 10.2. The van der Waals surface area contributed by atoms with Crippen molar-refractivity contribution < 1.29 is 49.0 Å². The summed E-state index contributed by atoms with van der Waals surface area (Å²) in [6, 6.07) is 0. The Kier molecular flexibility index (Phi) is 36.5. The van der Waals surface area contributed by atoms with Crippen LogP contribution in [0.25, 0.3) is 0 Å². The highest BCUT2D eigenvalue weighted by Gasteiger charge is 2.44. The van der Waals surface area contributed by atoms with Gasteiger partial charge in [0, 0.05) is 12.8 Å². The van der Waals surface area contributed by atoms with E-state index in [2.05, 4.69) is 74.6 Å². The maximum absolute atomic E-state index is 12.7. The van der Waals surface area contributed by atoms with E-state index in [9.17, 15) is 30.0 Å². The van der Waals surface area contributed by atoms with E-state index in [0.29, 0.717) is 12.8 Å². The number of hydrogen-bond donors (Lipinski definition) is 4. The van der Waals surface area contributed by atoms with Gasteiger partial charge in [0.15, 0.2) is 12.4 Å². The highest BCUT2D eigenvalue weighted by atomic mass is 16.7. The fraction of sp³-hybridized carbons (Fsp3) is 0.755. The molecule has 0 saturated carbocycles. The molecule has 6 unspecified atom stereocenters. The van der Waals surface area contributed by atoms with Crippen molar-refractivity contribution in [2.45, 2.75) is 218 Å². The van der Waals surface area contributed by atoms with Crippen molar-refractivity contribution in [3.05, 3.63) is 60.8 Å². The summed E-state index contributed by atoms with van der Waals surface area (Å²) >= 11 is 0. The molecule has 0 spiro atoms. The highest BCUT2D eigenvalue weighted by Crippen LogP contribution is 2.22. The molecule has 10 nitrogen and oxygen atoms in total. The molecule has 0 aliphatic carbocycles. The maximum Gasteiger partial charge on any atom is 0.306 e. The number of hydrogen-bond acceptors (Lipinski definition) is 10. The van der Waals surface area contributed by atoms with Gasteiger partial charge in [-0.15, -0.1) is 0 Å². The quantitative estimate of drug-likeness (QED) is 0.0269. The number of carbonyl (C=O) groups excluding carboxylic acids is 2. The first-order chi connectivity index (χ1) is 28.8. The molecule has 1 fully saturated rings. The van der Waals surface area contributed by atoms with Gasteiger partial charge >= 0.3 is 11.9 Å². The molecule has 340 valence electrons. The molecule has 10 heteroatoms. The smallest absolute Gasteiger partial charge is 0.306 e. The van der Waals surface area contributed by atoms with Gasteiger partial charge in [-0.1, -0.05) is 152 Å². The molecule has 6 atom stereocenters. The number of allylic oxidation sites excluding steroid dienone is 10. The molecule has 1 rings (SSSR count). The van der Waals surface area contributed by atoms with Crippen LogP contribution in [0.1, 0.15) is 181 Å². The third-order valence-corrected chi connectivity index (χ3v) is 10.4. The topological polar surface area (TPSA) is 152 Å². The third-order valence-electron chi connectivity index (χ3n) is 10.4. The van der Waals surface area contributed by atoms with E-state index in [1.807, 2.05) is 0 Å². The largest absolute Gasteiger partial charge is 0.462 e. The summed E-state index contributed by atoms with van der Waals surface area (Å²) in [5.74, 6) is -0.848. The van der Waals surface area contributed by atoms with Crippen LogP contribution in [-0.4, -0.2) is 89.0 Å². The van der Waals surface area contributed by atoms with Crippen LogP contribution in [0.2, 0.25) is 0 Å². The van der Waals surface area contributed by atoms with Gasteiger partial charge in [0.1, 0.15) is 31.0 Å². The van der Waals surface area contributed by atoms with Crippen LogP contribution < -0.4 is 0 Å². The number of unbranched alkanes of at least 4 members (excludes halogenated alkanes) is 17. The van der Waals surface area contributed by atoms with E-state index in [-0.39, 0.29) is 26.1 Å². The fourth-order valence-corrected chi connectivity index (χ4v) is 6.70. The standard InChI is InChI=1S/C49H84O10/c1-3-5-7-9-11-13-15-17-18-19-20-21-22-23-24-26-27-29-31-33-35-37-44(51)56-40-42(41-57-49-48(55)47(54)46(53)43(39-50)59-49)58-45(52)38-36-34-32-30-28-25-16-14-12-10-8-6-4-2/h6,8,12,14-15,17,19-20,25,28,42-43,46-50,53-55H,3-5,7,9-11,13,16,18,21-24,26-27,29-41H2,1-2H3/b8-6-,14-12-,17-15-,20-19-,28-25-. The Labute approximate surface area is 358 Å². The Morgan fingerprint density at radius 1 is 0.542 bits per heavy atom. The fourth-order valence-electron chi connectivity index (χ4n) is 6.70. The first-order valence-corrected chi connectivity index (χ1v) is 23.4. The number of rotatable bonds is 38. The van der Waals surface area contributed by atoms with Crippen molar-refractivity contribution >= 4 is 11.9 Å². The SMILES string of the molecule is CC/C=C\C/C=C\C/C=C\CCCCCC(=O)OC(COC(=O)CCCCCCCCCCC/C=C\C/C=C\CCCCCCC)COC1OC(CO)C(O)C(O)C1O. The number of ether oxygens (including phenoxy) is 4. The van der Waals surface area contributed by atoms with Crippen LogP contribution >= 0.6 is 0 Å². The van der Waals surface area contributed by atoms with Crippen LogP contribution in [0.3, 0.4) is 0 Å². The average molecular weight is 833 g/mol. The summed E-state index contributed by atoms with van der Waals surface area (Å²) in [7, 11) is 0. The molecule has 59 heavy (non-hydrogen) atoms. The van der Waals surface area contributed by atoms with Crippen molar-refractivity contribution in [2.75, 3.05) is 19.8 Å². The molecular weight excluding hydrogens is 749 g/mol. The summed E-state index contributed by atoms with van der Waals surface area (Å²) in [5.41, 5.74) is 0. The zero-order valence-electron chi connectivity index (χ0n) is 37.0. The lowest BCUT2D eigenvalue weighted by Crippen LogP contribution is -2.59. The number of carbonyl (C=O) groups is 2. The lowest BCUT2D eigenvalue weighted by molar-refractivity contribution is -0.305. The van der Waals surface area contributed by atoms with Gasteiger partial charge < -0.3 is 39.4 Å². The molecule has 0 bridgehead atoms.